The van der Waals surface area contributed by atoms with Gasteiger partial charge in [-0.2, -0.15) is 4.31 Å². The second kappa shape index (κ2) is 5.62. The van der Waals surface area contributed by atoms with Crippen LogP contribution in [0.4, 0.5) is 8.78 Å². The number of hydrogen-bond acceptors (Lipinski definition) is 3. The molecule has 0 heterocycles. The number of nitrogens with zero attached hydrogens (tertiary/aromatic N) is 2. The van der Waals surface area contributed by atoms with Gasteiger partial charge in [-0.05, 0) is 18.2 Å². The summed E-state index contributed by atoms with van der Waals surface area (Å²) >= 11 is 0. The summed E-state index contributed by atoms with van der Waals surface area (Å²) in [5, 5.41) is 0. The number of sulfonamides is 1. The predicted molar refractivity (Wildman–Crippen MR) is 64.9 cm³/mol. The van der Waals surface area contributed by atoms with E-state index in [9.17, 15) is 22.0 Å². The van der Waals surface area contributed by atoms with Crippen LogP contribution in [0.2, 0.25) is 0 Å². The van der Waals surface area contributed by atoms with E-state index in [0.29, 0.717) is 10.4 Å². The van der Waals surface area contributed by atoms with Crippen LogP contribution in [-0.2, 0) is 14.8 Å². The molecule has 0 aliphatic carbocycles. The molecule has 0 aliphatic rings. The minimum absolute atomic E-state index is 0.453. The largest absolute Gasteiger partial charge is 0.348 e. The number of likely N-dealkylation sites (N-methyl/N-ethyl adjacent to an activating group) is 2. The van der Waals surface area contributed by atoms with Gasteiger partial charge in [0.1, 0.15) is 16.5 Å². The van der Waals surface area contributed by atoms with E-state index in [2.05, 4.69) is 0 Å². The minimum atomic E-state index is -4.25. The number of benzene rings is 1. The van der Waals surface area contributed by atoms with Gasteiger partial charge in [-0.1, -0.05) is 0 Å². The maximum absolute atomic E-state index is 13.5. The molecular weight excluding hydrogens is 278 g/mol. The van der Waals surface area contributed by atoms with E-state index in [1.165, 1.54) is 19.0 Å². The maximum atomic E-state index is 13.5. The zero-order chi connectivity index (χ0) is 14.8. The molecule has 0 saturated heterocycles. The molecular formula is C11H14F2N2O3S. The first-order valence-electron chi connectivity index (χ1n) is 5.28. The molecule has 1 amide bonds. The molecule has 19 heavy (non-hydrogen) atoms. The third-order valence-electron chi connectivity index (χ3n) is 2.44. The van der Waals surface area contributed by atoms with Crippen molar-refractivity contribution in [3.05, 3.63) is 29.8 Å². The lowest BCUT2D eigenvalue weighted by atomic mass is 10.3. The molecule has 0 aliphatic heterocycles. The van der Waals surface area contributed by atoms with Crippen molar-refractivity contribution < 1.29 is 22.0 Å². The molecule has 0 spiro atoms. The van der Waals surface area contributed by atoms with Gasteiger partial charge in [0.05, 0.1) is 6.54 Å². The van der Waals surface area contributed by atoms with Gasteiger partial charge in [-0.3, -0.25) is 4.79 Å². The Morgan fingerprint density at radius 3 is 2.32 bits per heavy atom. The van der Waals surface area contributed by atoms with Crippen LogP contribution >= 0.6 is 0 Å². The second-order valence-corrected chi connectivity index (χ2v) is 6.14. The van der Waals surface area contributed by atoms with Crippen LogP contribution in [0.3, 0.4) is 0 Å². The van der Waals surface area contributed by atoms with Crippen LogP contribution in [0, 0.1) is 11.6 Å². The number of halogens is 2. The molecule has 0 N–H and O–H groups in total. The standard InChI is InChI=1S/C11H14F2N2O3S/c1-14(2)11(16)7-15(3)19(17,18)10-6-8(12)4-5-9(10)13/h4-6H,7H2,1-3H3. The van der Waals surface area contributed by atoms with Gasteiger partial charge >= 0.3 is 0 Å². The highest BCUT2D eigenvalue weighted by Crippen LogP contribution is 2.19. The van der Waals surface area contributed by atoms with Crippen molar-refractivity contribution in [1.82, 2.24) is 9.21 Å². The van der Waals surface area contributed by atoms with Crippen LogP contribution < -0.4 is 0 Å². The van der Waals surface area contributed by atoms with E-state index in [4.69, 9.17) is 0 Å². The first-order valence-corrected chi connectivity index (χ1v) is 6.72. The van der Waals surface area contributed by atoms with Crippen LogP contribution in [-0.4, -0.2) is 51.2 Å². The minimum Gasteiger partial charge on any atom is -0.348 e. The molecule has 0 aromatic heterocycles. The lowest BCUT2D eigenvalue weighted by Gasteiger charge is -2.19. The summed E-state index contributed by atoms with van der Waals surface area (Å²) in [5.41, 5.74) is 0. The molecule has 0 radical (unpaired) electrons. The summed E-state index contributed by atoms with van der Waals surface area (Å²) in [7, 11) is -0.196. The Morgan fingerprint density at radius 1 is 1.21 bits per heavy atom. The van der Waals surface area contributed by atoms with Gasteiger partial charge in [0.25, 0.3) is 0 Å². The Hall–Kier alpha value is -1.54. The highest BCUT2D eigenvalue weighted by Gasteiger charge is 2.27. The zero-order valence-electron chi connectivity index (χ0n) is 10.7. The summed E-state index contributed by atoms with van der Waals surface area (Å²) in [4.78, 5) is 11.8. The molecule has 0 bridgehead atoms. The summed E-state index contributed by atoms with van der Waals surface area (Å²) in [5.74, 6) is -2.40. The van der Waals surface area contributed by atoms with Crippen LogP contribution in [0.25, 0.3) is 0 Å². The number of rotatable bonds is 4. The van der Waals surface area contributed by atoms with Crippen LogP contribution in [0.15, 0.2) is 23.1 Å². The first kappa shape index (κ1) is 15.5. The lowest BCUT2D eigenvalue weighted by Crippen LogP contribution is -2.38. The molecule has 1 aromatic rings. The fraction of sp³-hybridized carbons (Fsp3) is 0.364. The average molecular weight is 292 g/mol. The molecule has 0 atom stereocenters. The number of carbonyl (C=O) groups is 1. The second-order valence-electron chi connectivity index (χ2n) is 4.12. The van der Waals surface area contributed by atoms with Crippen molar-refractivity contribution in [1.29, 1.82) is 0 Å². The predicted octanol–water partition coefficient (Wildman–Crippen LogP) is 0.673. The van der Waals surface area contributed by atoms with E-state index in [1.54, 1.807) is 0 Å². The highest BCUT2D eigenvalue weighted by molar-refractivity contribution is 7.89. The third kappa shape index (κ3) is 3.48. The van der Waals surface area contributed by atoms with Crippen LogP contribution in [0.1, 0.15) is 0 Å². The van der Waals surface area contributed by atoms with Crippen molar-refractivity contribution in [2.75, 3.05) is 27.7 Å². The van der Waals surface area contributed by atoms with Crippen molar-refractivity contribution in [3.63, 3.8) is 0 Å². The van der Waals surface area contributed by atoms with E-state index in [1.807, 2.05) is 0 Å². The van der Waals surface area contributed by atoms with Gasteiger partial charge in [-0.25, -0.2) is 17.2 Å². The van der Waals surface area contributed by atoms with Gasteiger partial charge in [-0.15, -0.1) is 0 Å². The molecule has 0 unspecified atom stereocenters. The van der Waals surface area contributed by atoms with E-state index in [0.717, 1.165) is 19.2 Å². The Kier molecular flexibility index (Phi) is 4.59. The third-order valence-corrected chi connectivity index (χ3v) is 4.26. The SMILES string of the molecule is CN(C)C(=O)CN(C)S(=O)(=O)c1cc(F)ccc1F. The van der Waals surface area contributed by atoms with Crippen molar-refractivity contribution in [2.45, 2.75) is 4.90 Å². The fourth-order valence-electron chi connectivity index (χ4n) is 1.26. The Bertz CT molecular complexity index is 588. The van der Waals surface area contributed by atoms with E-state index in [-0.39, 0.29) is 0 Å². The van der Waals surface area contributed by atoms with E-state index >= 15 is 0 Å². The van der Waals surface area contributed by atoms with Gasteiger partial charge in [0, 0.05) is 21.1 Å². The van der Waals surface area contributed by atoms with Crippen molar-refractivity contribution in [3.8, 4) is 0 Å². The quantitative estimate of drug-likeness (QED) is 0.820. The molecule has 5 nitrogen and oxygen atoms in total. The normalized spacial score (nSPS) is 11.7. The molecule has 8 heteroatoms. The highest BCUT2D eigenvalue weighted by atomic mass is 32.2. The van der Waals surface area contributed by atoms with Gasteiger partial charge in [0.15, 0.2) is 0 Å². The summed E-state index contributed by atoms with van der Waals surface area (Å²) < 4.78 is 51.2. The zero-order valence-corrected chi connectivity index (χ0v) is 11.5. The van der Waals surface area contributed by atoms with Gasteiger partial charge in [0.2, 0.25) is 15.9 Å². The molecule has 1 aromatic carbocycles. The topological polar surface area (TPSA) is 57.7 Å². The summed E-state index contributed by atoms with van der Waals surface area (Å²) in [6, 6.07) is 2.13. The Morgan fingerprint density at radius 2 is 1.79 bits per heavy atom. The molecule has 0 fully saturated rings. The van der Waals surface area contributed by atoms with E-state index < -0.39 is 39.0 Å². The monoisotopic (exact) mass is 292 g/mol. The molecule has 1 rings (SSSR count). The fourth-order valence-corrected chi connectivity index (χ4v) is 2.45. The number of amides is 1. The average Bonchev–Trinajstić information content (AvgIpc) is 2.31. The smallest absolute Gasteiger partial charge is 0.246 e. The summed E-state index contributed by atoms with van der Waals surface area (Å²) in [6.07, 6.45) is 0. The molecule has 106 valence electrons. The number of carbonyl (C=O) groups excluding carboxylic acids is 1. The van der Waals surface area contributed by atoms with Gasteiger partial charge < -0.3 is 4.90 Å². The lowest BCUT2D eigenvalue weighted by molar-refractivity contribution is -0.128. The molecule has 0 saturated carbocycles. The Labute approximate surface area is 110 Å². The Balaban J connectivity index is 3.10. The summed E-state index contributed by atoms with van der Waals surface area (Å²) in [6.45, 7) is -0.453. The van der Waals surface area contributed by atoms with Crippen molar-refractivity contribution in [2.24, 2.45) is 0 Å². The number of hydrogen-bond donors (Lipinski definition) is 0. The maximum Gasteiger partial charge on any atom is 0.246 e. The van der Waals surface area contributed by atoms with Crippen LogP contribution in [0.5, 0.6) is 0 Å². The first-order chi connectivity index (χ1) is 8.66. The van der Waals surface area contributed by atoms with Crippen molar-refractivity contribution >= 4 is 15.9 Å².